The first kappa shape index (κ1) is 22.1. The highest BCUT2D eigenvalue weighted by Crippen LogP contribution is 2.33. The average Bonchev–Trinajstić information content (AvgIpc) is 2.61. The second-order valence-corrected chi connectivity index (χ2v) is 6.43. The van der Waals surface area contributed by atoms with Crippen LogP contribution in [0, 0.1) is 11.8 Å². The van der Waals surface area contributed by atoms with Crippen molar-refractivity contribution in [2.75, 3.05) is 32.6 Å². The Morgan fingerprint density at radius 1 is 1.23 bits per heavy atom. The molecule has 1 unspecified atom stereocenters. The van der Waals surface area contributed by atoms with Crippen LogP contribution in [0.25, 0.3) is 0 Å². The highest BCUT2D eigenvalue weighted by Gasteiger charge is 2.23. The van der Waals surface area contributed by atoms with Gasteiger partial charge in [-0.05, 0) is 43.8 Å². The van der Waals surface area contributed by atoms with E-state index in [2.05, 4.69) is 17.6 Å². The standard InChI is InChI=1S/C18H27N3O4.ClH/c1-11(12-4-6-20-7-5-12)8-17(22)21-14-10-16(25-3)15(24-2)9-13(14)18(19)23;/h9-12,20H,4-8H2,1-3H3,(H2,19,23)(H,21,22);1H. The summed E-state index contributed by atoms with van der Waals surface area (Å²) in [6, 6.07) is 3.04. The van der Waals surface area contributed by atoms with Crippen molar-refractivity contribution in [2.24, 2.45) is 17.6 Å². The first-order valence-corrected chi connectivity index (χ1v) is 8.52. The van der Waals surface area contributed by atoms with Crippen LogP contribution in [-0.4, -0.2) is 39.1 Å². The number of rotatable bonds is 7. The van der Waals surface area contributed by atoms with Gasteiger partial charge in [0, 0.05) is 12.5 Å². The number of hydrogen-bond acceptors (Lipinski definition) is 5. The van der Waals surface area contributed by atoms with Crippen molar-refractivity contribution < 1.29 is 19.1 Å². The molecule has 1 fully saturated rings. The minimum atomic E-state index is -0.636. The third-order valence-corrected chi connectivity index (χ3v) is 4.76. The van der Waals surface area contributed by atoms with E-state index in [1.54, 1.807) is 6.07 Å². The Hall–Kier alpha value is -1.99. The molecule has 1 saturated heterocycles. The van der Waals surface area contributed by atoms with Crippen molar-refractivity contribution in [2.45, 2.75) is 26.2 Å². The fourth-order valence-electron chi connectivity index (χ4n) is 3.26. The molecule has 2 amide bonds. The van der Waals surface area contributed by atoms with Crippen LogP contribution in [0.15, 0.2) is 12.1 Å². The van der Waals surface area contributed by atoms with Gasteiger partial charge in [-0.25, -0.2) is 0 Å². The van der Waals surface area contributed by atoms with Gasteiger partial charge in [0.15, 0.2) is 11.5 Å². The van der Waals surface area contributed by atoms with Gasteiger partial charge >= 0.3 is 0 Å². The van der Waals surface area contributed by atoms with Crippen LogP contribution in [0.5, 0.6) is 11.5 Å². The van der Waals surface area contributed by atoms with Gasteiger partial charge in [0.1, 0.15) is 0 Å². The molecule has 0 radical (unpaired) electrons. The molecule has 0 saturated carbocycles. The number of primary amides is 1. The van der Waals surface area contributed by atoms with E-state index in [1.165, 1.54) is 20.3 Å². The van der Waals surface area contributed by atoms with E-state index in [4.69, 9.17) is 15.2 Å². The Balaban J connectivity index is 0.00000338. The number of nitrogens with one attached hydrogen (secondary N) is 2. The summed E-state index contributed by atoms with van der Waals surface area (Å²) in [7, 11) is 2.97. The van der Waals surface area contributed by atoms with E-state index in [-0.39, 0.29) is 29.8 Å². The molecular formula is C18H28ClN3O4. The summed E-state index contributed by atoms with van der Waals surface area (Å²) in [6.45, 7) is 4.09. The van der Waals surface area contributed by atoms with Gasteiger partial charge in [0.25, 0.3) is 5.91 Å². The molecule has 146 valence electrons. The summed E-state index contributed by atoms with van der Waals surface area (Å²) in [5.74, 6) is 0.849. The van der Waals surface area contributed by atoms with Gasteiger partial charge in [-0.2, -0.15) is 0 Å². The van der Waals surface area contributed by atoms with E-state index in [1.807, 2.05) is 0 Å². The molecule has 4 N–H and O–H groups in total. The van der Waals surface area contributed by atoms with Crippen molar-refractivity contribution >= 4 is 29.9 Å². The van der Waals surface area contributed by atoms with Gasteiger partial charge < -0.3 is 25.8 Å². The summed E-state index contributed by atoms with van der Waals surface area (Å²) >= 11 is 0. The fraction of sp³-hybridized carbons (Fsp3) is 0.556. The van der Waals surface area contributed by atoms with Crippen molar-refractivity contribution in [3.05, 3.63) is 17.7 Å². The lowest BCUT2D eigenvalue weighted by atomic mass is 9.84. The van der Waals surface area contributed by atoms with Crippen LogP contribution >= 0.6 is 12.4 Å². The van der Waals surface area contributed by atoms with E-state index in [0.29, 0.717) is 29.5 Å². The molecule has 1 aliphatic heterocycles. The molecule has 0 aliphatic carbocycles. The molecule has 2 rings (SSSR count). The number of benzene rings is 1. The highest BCUT2D eigenvalue weighted by atomic mass is 35.5. The molecule has 1 aliphatic rings. The Morgan fingerprint density at radius 2 is 1.81 bits per heavy atom. The molecule has 8 heteroatoms. The number of nitrogens with two attached hydrogens (primary N) is 1. The van der Waals surface area contributed by atoms with Crippen LogP contribution < -0.4 is 25.8 Å². The molecule has 0 aromatic heterocycles. The molecule has 0 bridgehead atoms. The van der Waals surface area contributed by atoms with E-state index in [9.17, 15) is 9.59 Å². The van der Waals surface area contributed by atoms with E-state index >= 15 is 0 Å². The van der Waals surface area contributed by atoms with Gasteiger partial charge in [0.05, 0.1) is 25.5 Å². The maximum absolute atomic E-state index is 12.4. The van der Waals surface area contributed by atoms with Crippen LogP contribution in [-0.2, 0) is 4.79 Å². The molecule has 26 heavy (non-hydrogen) atoms. The minimum absolute atomic E-state index is 0. The lowest BCUT2D eigenvalue weighted by Gasteiger charge is -2.28. The zero-order chi connectivity index (χ0) is 18.4. The minimum Gasteiger partial charge on any atom is -0.493 e. The Morgan fingerprint density at radius 3 is 2.35 bits per heavy atom. The normalized spacial score (nSPS) is 15.5. The Kier molecular flexibility index (Phi) is 8.68. The maximum atomic E-state index is 12.4. The smallest absolute Gasteiger partial charge is 0.250 e. The number of hydrogen-bond donors (Lipinski definition) is 3. The third kappa shape index (κ3) is 5.51. The Labute approximate surface area is 160 Å². The van der Waals surface area contributed by atoms with Gasteiger partial charge in [-0.1, -0.05) is 6.92 Å². The second-order valence-electron chi connectivity index (χ2n) is 6.43. The van der Waals surface area contributed by atoms with Crippen LogP contribution in [0.3, 0.4) is 0 Å². The predicted octanol–water partition coefficient (Wildman–Crippen LogP) is 2.19. The number of methoxy groups -OCH3 is 2. The summed E-state index contributed by atoms with van der Waals surface area (Å²) in [6.07, 6.45) is 2.56. The monoisotopic (exact) mass is 385 g/mol. The molecular weight excluding hydrogens is 358 g/mol. The van der Waals surface area contributed by atoms with Gasteiger partial charge in [-0.15, -0.1) is 12.4 Å². The third-order valence-electron chi connectivity index (χ3n) is 4.76. The summed E-state index contributed by atoms with van der Waals surface area (Å²) in [4.78, 5) is 24.2. The van der Waals surface area contributed by atoms with Crippen LogP contribution in [0.2, 0.25) is 0 Å². The van der Waals surface area contributed by atoms with Crippen molar-refractivity contribution in [3.63, 3.8) is 0 Å². The van der Waals surface area contributed by atoms with Crippen molar-refractivity contribution in [1.82, 2.24) is 5.32 Å². The molecule has 0 spiro atoms. The molecule has 1 atom stereocenters. The zero-order valence-electron chi connectivity index (χ0n) is 15.5. The van der Waals surface area contributed by atoms with Crippen molar-refractivity contribution in [3.8, 4) is 11.5 Å². The number of carbonyl (C=O) groups is 2. The first-order chi connectivity index (χ1) is 12.0. The topological polar surface area (TPSA) is 103 Å². The van der Waals surface area contributed by atoms with E-state index < -0.39 is 5.91 Å². The number of amides is 2. The predicted molar refractivity (Wildman–Crippen MR) is 103 cm³/mol. The maximum Gasteiger partial charge on any atom is 0.250 e. The highest BCUT2D eigenvalue weighted by molar-refractivity contribution is 6.03. The molecule has 1 heterocycles. The number of carbonyl (C=O) groups excluding carboxylic acids is 2. The summed E-state index contributed by atoms with van der Waals surface area (Å²) in [5, 5.41) is 6.13. The molecule has 1 aromatic carbocycles. The quantitative estimate of drug-likeness (QED) is 0.667. The van der Waals surface area contributed by atoms with Crippen LogP contribution in [0.1, 0.15) is 36.5 Å². The number of halogens is 1. The van der Waals surface area contributed by atoms with E-state index in [0.717, 1.165) is 25.9 Å². The number of anilines is 1. The number of piperidine rings is 1. The van der Waals surface area contributed by atoms with Crippen LogP contribution in [0.4, 0.5) is 5.69 Å². The van der Waals surface area contributed by atoms with Gasteiger partial charge in [0.2, 0.25) is 5.91 Å². The summed E-state index contributed by atoms with van der Waals surface area (Å²) in [5.41, 5.74) is 5.97. The average molecular weight is 386 g/mol. The lowest BCUT2D eigenvalue weighted by Crippen LogP contribution is -2.32. The lowest BCUT2D eigenvalue weighted by molar-refractivity contribution is -0.117. The van der Waals surface area contributed by atoms with Gasteiger partial charge in [-0.3, -0.25) is 9.59 Å². The first-order valence-electron chi connectivity index (χ1n) is 8.52. The largest absolute Gasteiger partial charge is 0.493 e. The zero-order valence-corrected chi connectivity index (χ0v) is 16.3. The Bertz CT molecular complexity index is 633. The molecule has 1 aromatic rings. The van der Waals surface area contributed by atoms with Crippen molar-refractivity contribution in [1.29, 1.82) is 0 Å². The second kappa shape index (κ2) is 10.2. The SMILES string of the molecule is COc1cc(NC(=O)CC(C)C2CCNCC2)c(C(N)=O)cc1OC.Cl. The fourth-order valence-corrected chi connectivity index (χ4v) is 3.26. The molecule has 7 nitrogen and oxygen atoms in total. The summed E-state index contributed by atoms with van der Waals surface area (Å²) < 4.78 is 10.4. The number of ether oxygens (including phenoxy) is 2.